The molecule has 0 aliphatic carbocycles. The van der Waals surface area contributed by atoms with Gasteiger partial charge in [-0.3, -0.25) is 4.79 Å². The molecular weight excluding hydrogens is 368 g/mol. The van der Waals surface area contributed by atoms with Gasteiger partial charge in [0.05, 0.1) is 7.11 Å². The highest BCUT2D eigenvalue weighted by molar-refractivity contribution is 5.99. The molecule has 0 unspecified atom stereocenters. The number of furan rings is 1. The van der Waals surface area contributed by atoms with Gasteiger partial charge in [0, 0.05) is 10.9 Å². The third-order valence-corrected chi connectivity index (χ3v) is 4.97. The minimum atomic E-state index is -0.350. The van der Waals surface area contributed by atoms with E-state index in [0.29, 0.717) is 29.4 Å². The first kappa shape index (κ1) is 19.1. The molecule has 6 nitrogen and oxygen atoms in total. The van der Waals surface area contributed by atoms with Gasteiger partial charge in [-0.05, 0) is 49.6 Å². The molecule has 6 heteroatoms. The van der Waals surface area contributed by atoms with Crippen molar-refractivity contribution in [2.24, 2.45) is 5.92 Å². The van der Waals surface area contributed by atoms with Gasteiger partial charge >= 0.3 is 0 Å². The summed E-state index contributed by atoms with van der Waals surface area (Å²) >= 11 is 0. The number of amides is 1. The van der Waals surface area contributed by atoms with Crippen LogP contribution < -0.4 is 10.1 Å². The number of fused-ring (bicyclic) bond motifs is 2. The number of aromatic nitrogens is 1. The van der Waals surface area contributed by atoms with Crippen LogP contribution in [0.2, 0.25) is 0 Å². The van der Waals surface area contributed by atoms with Crippen molar-refractivity contribution in [1.29, 1.82) is 0 Å². The number of benzene rings is 2. The van der Waals surface area contributed by atoms with Gasteiger partial charge in [0.25, 0.3) is 5.91 Å². The van der Waals surface area contributed by atoms with E-state index in [1.807, 2.05) is 49.4 Å². The molecule has 1 atom stereocenters. The Morgan fingerprint density at radius 1 is 1.14 bits per heavy atom. The number of carbonyl (C=O) groups excluding carboxylic acids is 1. The predicted molar refractivity (Wildman–Crippen MR) is 111 cm³/mol. The number of carbonyl (C=O) groups is 1. The minimum absolute atomic E-state index is 0.287. The van der Waals surface area contributed by atoms with Crippen LogP contribution >= 0.6 is 0 Å². The van der Waals surface area contributed by atoms with Gasteiger partial charge in [-0.2, -0.15) is 0 Å². The van der Waals surface area contributed by atoms with Crippen LogP contribution in [0.5, 0.6) is 5.75 Å². The Morgan fingerprint density at radius 2 is 1.93 bits per heavy atom. The summed E-state index contributed by atoms with van der Waals surface area (Å²) in [7, 11) is 1.61. The summed E-state index contributed by atoms with van der Waals surface area (Å²) in [6.07, 6.45) is 0.700. The molecular formula is C23H24N2O4. The second kappa shape index (κ2) is 7.62. The van der Waals surface area contributed by atoms with Crippen molar-refractivity contribution in [2.75, 3.05) is 7.11 Å². The van der Waals surface area contributed by atoms with Crippen molar-refractivity contribution < 1.29 is 18.4 Å². The molecule has 0 saturated carbocycles. The molecule has 0 aliphatic rings. The number of hydrogen-bond acceptors (Lipinski definition) is 5. The molecule has 0 aliphatic heterocycles. The molecule has 4 aromatic rings. The van der Waals surface area contributed by atoms with E-state index < -0.39 is 0 Å². The average molecular weight is 392 g/mol. The summed E-state index contributed by atoms with van der Waals surface area (Å²) in [5, 5.41) is 3.91. The molecule has 1 amide bonds. The van der Waals surface area contributed by atoms with Gasteiger partial charge in [0.15, 0.2) is 11.3 Å². The first-order valence-corrected chi connectivity index (χ1v) is 9.69. The van der Waals surface area contributed by atoms with Crippen LogP contribution in [0.25, 0.3) is 22.1 Å². The topological polar surface area (TPSA) is 77.5 Å². The van der Waals surface area contributed by atoms with Gasteiger partial charge in [0.2, 0.25) is 5.89 Å². The second-order valence-electron chi connectivity index (χ2n) is 7.59. The average Bonchev–Trinajstić information content (AvgIpc) is 3.28. The molecule has 150 valence electrons. The monoisotopic (exact) mass is 392 g/mol. The number of oxazole rings is 1. The van der Waals surface area contributed by atoms with Crippen molar-refractivity contribution in [3.8, 4) is 5.75 Å². The van der Waals surface area contributed by atoms with E-state index >= 15 is 0 Å². The lowest BCUT2D eigenvalue weighted by molar-refractivity contribution is 0.0898. The van der Waals surface area contributed by atoms with Crippen LogP contribution in [0.1, 0.15) is 48.3 Å². The molecule has 0 spiro atoms. The summed E-state index contributed by atoms with van der Waals surface area (Å²) in [6, 6.07) is 12.7. The van der Waals surface area contributed by atoms with Gasteiger partial charge in [-0.15, -0.1) is 0 Å². The van der Waals surface area contributed by atoms with Crippen LogP contribution in [-0.4, -0.2) is 18.0 Å². The predicted octanol–water partition coefficient (Wildman–Crippen LogP) is 5.41. The molecule has 0 fully saturated rings. The van der Waals surface area contributed by atoms with Gasteiger partial charge in [-0.25, -0.2) is 4.98 Å². The van der Waals surface area contributed by atoms with Crippen molar-refractivity contribution >= 4 is 28.0 Å². The Hall–Kier alpha value is -3.28. The minimum Gasteiger partial charge on any atom is -0.497 e. The first-order valence-electron chi connectivity index (χ1n) is 9.69. The highest BCUT2D eigenvalue weighted by Gasteiger charge is 2.25. The van der Waals surface area contributed by atoms with E-state index in [1.54, 1.807) is 7.11 Å². The van der Waals surface area contributed by atoms with E-state index in [-0.39, 0.29) is 17.7 Å². The summed E-state index contributed by atoms with van der Waals surface area (Å²) < 4.78 is 17.0. The zero-order valence-corrected chi connectivity index (χ0v) is 17.0. The largest absolute Gasteiger partial charge is 0.497 e. The lowest BCUT2D eigenvalue weighted by atomic mass is 10.0. The number of nitrogens with one attached hydrogen (secondary N) is 1. The Bertz CT molecular complexity index is 1140. The number of methoxy groups -OCH3 is 1. The highest BCUT2D eigenvalue weighted by atomic mass is 16.5. The van der Waals surface area contributed by atoms with Crippen LogP contribution in [0, 0.1) is 12.8 Å². The molecule has 4 rings (SSSR count). The van der Waals surface area contributed by atoms with Crippen LogP contribution in [0.3, 0.4) is 0 Å². The molecule has 29 heavy (non-hydrogen) atoms. The lowest BCUT2D eigenvalue weighted by Gasteiger charge is -2.17. The summed E-state index contributed by atoms with van der Waals surface area (Å²) in [5.74, 6) is 1.57. The number of rotatable bonds is 6. The number of para-hydroxylation sites is 2. The quantitative estimate of drug-likeness (QED) is 0.475. The number of nitrogens with zero attached hydrogens (tertiary/aromatic N) is 1. The molecule has 0 bridgehead atoms. The summed E-state index contributed by atoms with van der Waals surface area (Å²) in [6.45, 7) is 6.07. The maximum atomic E-state index is 13.1. The number of hydrogen-bond donors (Lipinski definition) is 1. The van der Waals surface area contributed by atoms with E-state index in [9.17, 15) is 4.79 Å². The van der Waals surface area contributed by atoms with Gasteiger partial charge in [-0.1, -0.05) is 26.0 Å². The first-order chi connectivity index (χ1) is 14.0. The van der Waals surface area contributed by atoms with Crippen molar-refractivity contribution in [3.05, 3.63) is 59.7 Å². The SMILES string of the molecule is COc1ccc2oc(C(=O)N[C@@H](CC(C)C)c3nc4ccccc4o3)c(C)c2c1. The molecule has 2 heterocycles. The molecule has 0 saturated heterocycles. The van der Waals surface area contributed by atoms with Crippen LogP contribution in [0.4, 0.5) is 0 Å². The van der Waals surface area contributed by atoms with E-state index in [4.69, 9.17) is 13.6 Å². The summed E-state index contributed by atoms with van der Waals surface area (Å²) in [5.41, 5.74) is 2.91. The molecule has 2 aromatic heterocycles. The maximum Gasteiger partial charge on any atom is 0.287 e. The zero-order chi connectivity index (χ0) is 20.5. The molecule has 1 N–H and O–H groups in total. The third kappa shape index (κ3) is 3.70. The van der Waals surface area contributed by atoms with Crippen molar-refractivity contribution in [1.82, 2.24) is 10.3 Å². The molecule has 0 radical (unpaired) electrons. The lowest BCUT2D eigenvalue weighted by Crippen LogP contribution is -2.30. The zero-order valence-electron chi connectivity index (χ0n) is 17.0. The maximum absolute atomic E-state index is 13.1. The van der Waals surface area contributed by atoms with Crippen molar-refractivity contribution in [2.45, 2.75) is 33.2 Å². The van der Waals surface area contributed by atoms with E-state index in [1.165, 1.54) is 0 Å². The smallest absolute Gasteiger partial charge is 0.287 e. The van der Waals surface area contributed by atoms with Gasteiger partial charge in [0.1, 0.15) is 22.9 Å². The van der Waals surface area contributed by atoms with E-state index in [2.05, 4.69) is 24.1 Å². The fourth-order valence-corrected chi connectivity index (χ4v) is 3.50. The number of aryl methyl sites for hydroxylation is 1. The van der Waals surface area contributed by atoms with Crippen LogP contribution in [0.15, 0.2) is 51.3 Å². The Kier molecular flexibility index (Phi) is 5.01. The summed E-state index contributed by atoms with van der Waals surface area (Å²) in [4.78, 5) is 17.6. The standard InChI is InChI=1S/C23H24N2O4/c1-13(2)11-18(23-25-17-7-5-6-8-20(17)29-23)24-22(26)21-14(3)16-12-15(27-4)9-10-19(16)28-21/h5-10,12-13,18H,11H2,1-4H3,(H,24,26)/t18-/m0/s1. The Balaban J connectivity index is 1.66. The molecule has 2 aromatic carbocycles. The third-order valence-electron chi connectivity index (χ3n) is 4.97. The highest BCUT2D eigenvalue weighted by Crippen LogP contribution is 2.30. The van der Waals surface area contributed by atoms with E-state index in [0.717, 1.165) is 22.2 Å². The Morgan fingerprint density at radius 3 is 2.66 bits per heavy atom. The number of ether oxygens (including phenoxy) is 1. The Labute approximate surface area is 168 Å². The van der Waals surface area contributed by atoms with Crippen molar-refractivity contribution in [3.63, 3.8) is 0 Å². The fraction of sp³-hybridized carbons (Fsp3) is 0.304. The van der Waals surface area contributed by atoms with Gasteiger partial charge < -0.3 is 18.9 Å². The fourth-order valence-electron chi connectivity index (χ4n) is 3.50. The normalized spacial score (nSPS) is 12.6. The second-order valence-corrected chi connectivity index (χ2v) is 7.59. The van der Waals surface area contributed by atoms with Crippen LogP contribution in [-0.2, 0) is 0 Å².